The molecule has 2 heteroatoms. The van der Waals surface area contributed by atoms with Crippen molar-refractivity contribution in [2.45, 2.75) is 27.2 Å². The first-order valence-corrected chi connectivity index (χ1v) is 5.25. The topological polar surface area (TPSA) is 24.4 Å². The van der Waals surface area contributed by atoms with Crippen LogP contribution in [0.5, 0.6) is 0 Å². The number of para-hydroxylation sites is 1. The van der Waals surface area contributed by atoms with Gasteiger partial charge >= 0.3 is 0 Å². The first-order chi connectivity index (χ1) is 7.22. The van der Waals surface area contributed by atoms with Crippen molar-refractivity contribution < 1.29 is 0 Å². The molecule has 0 heterocycles. The van der Waals surface area contributed by atoms with Crippen molar-refractivity contribution in [2.24, 2.45) is 4.99 Å². The summed E-state index contributed by atoms with van der Waals surface area (Å²) in [5.74, 6) is 0. The summed E-state index contributed by atoms with van der Waals surface area (Å²) in [6.45, 7) is 6.14. The van der Waals surface area contributed by atoms with Crippen molar-refractivity contribution >= 4 is 11.4 Å². The van der Waals surface area contributed by atoms with Crippen LogP contribution in [-0.4, -0.2) is 5.71 Å². The highest BCUT2D eigenvalue weighted by molar-refractivity contribution is 5.82. The third kappa shape index (κ3) is 4.45. The van der Waals surface area contributed by atoms with Crippen molar-refractivity contribution in [1.82, 2.24) is 0 Å². The average Bonchev–Trinajstić information content (AvgIpc) is 2.27. The summed E-state index contributed by atoms with van der Waals surface area (Å²) in [6.07, 6.45) is 2.92. The Morgan fingerprint density at radius 3 is 2.53 bits per heavy atom. The number of hydrogen-bond donors (Lipinski definition) is 1. The highest BCUT2D eigenvalue weighted by Gasteiger charge is 1.89. The van der Waals surface area contributed by atoms with Crippen LogP contribution in [-0.2, 0) is 0 Å². The molecule has 0 aliphatic heterocycles. The lowest BCUT2D eigenvalue weighted by Crippen LogP contribution is -1.91. The zero-order valence-electron chi connectivity index (χ0n) is 9.62. The van der Waals surface area contributed by atoms with Crippen molar-refractivity contribution in [3.63, 3.8) is 0 Å². The molecule has 0 radical (unpaired) electrons. The van der Waals surface area contributed by atoms with Gasteiger partial charge in [-0.3, -0.25) is 4.99 Å². The predicted octanol–water partition coefficient (Wildman–Crippen LogP) is 3.83. The zero-order chi connectivity index (χ0) is 11.1. The second-order valence-electron chi connectivity index (χ2n) is 3.50. The van der Waals surface area contributed by atoms with Crippen LogP contribution in [0.15, 0.2) is 47.2 Å². The molecule has 0 aliphatic rings. The quantitative estimate of drug-likeness (QED) is 0.737. The van der Waals surface area contributed by atoms with Crippen LogP contribution in [0.2, 0.25) is 0 Å². The van der Waals surface area contributed by atoms with Gasteiger partial charge in [0.2, 0.25) is 0 Å². The van der Waals surface area contributed by atoms with Crippen LogP contribution in [0.1, 0.15) is 27.2 Å². The van der Waals surface area contributed by atoms with Gasteiger partial charge in [-0.1, -0.05) is 25.1 Å². The summed E-state index contributed by atoms with van der Waals surface area (Å²) in [5, 5.41) is 3.20. The minimum atomic E-state index is 0.997. The third-order valence-electron chi connectivity index (χ3n) is 2.10. The number of hydrogen-bond acceptors (Lipinski definition) is 2. The van der Waals surface area contributed by atoms with Gasteiger partial charge in [-0.2, -0.15) is 0 Å². The number of anilines is 1. The number of nitrogens with zero attached hydrogens (tertiary/aromatic N) is 1. The van der Waals surface area contributed by atoms with E-state index in [1.165, 1.54) is 0 Å². The maximum absolute atomic E-state index is 4.43. The molecule has 0 saturated carbocycles. The van der Waals surface area contributed by atoms with E-state index in [1.54, 1.807) is 0 Å². The first kappa shape index (κ1) is 11.5. The van der Waals surface area contributed by atoms with Crippen LogP contribution in [0, 0.1) is 0 Å². The first-order valence-electron chi connectivity index (χ1n) is 5.25. The lowest BCUT2D eigenvalue weighted by molar-refractivity contribution is 1.20. The predicted molar refractivity (Wildman–Crippen MR) is 67.2 cm³/mol. The molecule has 0 aromatic heterocycles. The van der Waals surface area contributed by atoms with Crippen molar-refractivity contribution in [3.8, 4) is 0 Å². The summed E-state index contributed by atoms with van der Waals surface area (Å²) in [6, 6.07) is 10.1. The molecule has 80 valence electrons. The number of nitrogens with one attached hydrogen (secondary N) is 1. The van der Waals surface area contributed by atoms with Gasteiger partial charge in [0, 0.05) is 17.6 Å². The fourth-order valence-corrected chi connectivity index (χ4v) is 1.13. The van der Waals surface area contributed by atoms with Crippen molar-refractivity contribution in [2.75, 3.05) is 5.32 Å². The molecule has 2 nitrogen and oxygen atoms in total. The summed E-state index contributed by atoms with van der Waals surface area (Å²) in [7, 11) is 0. The summed E-state index contributed by atoms with van der Waals surface area (Å²) in [4.78, 5) is 4.43. The SMILES string of the molecule is CC/C(C)=N\C(C)=C/Nc1ccccc1. The van der Waals surface area contributed by atoms with Gasteiger partial charge < -0.3 is 5.32 Å². The van der Waals surface area contributed by atoms with Crippen molar-refractivity contribution in [1.29, 1.82) is 0 Å². The summed E-state index contributed by atoms with van der Waals surface area (Å²) >= 11 is 0. The smallest absolute Gasteiger partial charge is 0.0531 e. The largest absolute Gasteiger partial charge is 0.360 e. The molecule has 0 spiro atoms. The maximum atomic E-state index is 4.43. The van der Waals surface area contributed by atoms with Gasteiger partial charge in [-0.15, -0.1) is 0 Å². The third-order valence-corrected chi connectivity index (χ3v) is 2.10. The van der Waals surface area contributed by atoms with Gasteiger partial charge in [0.1, 0.15) is 0 Å². The highest BCUT2D eigenvalue weighted by Crippen LogP contribution is 2.06. The summed E-state index contributed by atoms with van der Waals surface area (Å²) < 4.78 is 0. The van der Waals surface area contributed by atoms with E-state index < -0.39 is 0 Å². The monoisotopic (exact) mass is 202 g/mol. The second-order valence-corrected chi connectivity index (χ2v) is 3.50. The van der Waals surface area contributed by atoms with Crippen LogP contribution in [0.4, 0.5) is 5.69 Å². The Kier molecular flexibility index (Phi) is 4.61. The van der Waals surface area contributed by atoms with Crippen LogP contribution in [0.3, 0.4) is 0 Å². The van der Waals surface area contributed by atoms with Gasteiger partial charge in [0.25, 0.3) is 0 Å². The Labute approximate surface area is 91.7 Å². The molecule has 0 bridgehead atoms. The van der Waals surface area contributed by atoms with Crippen molar-refractivity contribution in [3.05, 3.63) is 42.2 Å². The molecule has 1 aromatic carbocycles. The molecule has 1 rings (SSSR count). The van der Waals surface area contributed by atoms with E-state index in [1.807, 2.05) is 50.4 Å². The van der Waals surface area contributed by atoms with E-state index >= 15 is 0 Å². The Bertz CT molecular complexity index is 350. The zero-order valence-corrected chi connectivity index (χ0v) is 9.62. The minimum Gasteiger partial charge on any atom is -0.360 e. The van der Waals surface area contributed by atoms with Crippen LogP contribution < -0.4 is 5.32 Å². The molecule has 0 amide bonds. The van der Waals surface area contributed by atoms with E-state index in [9.17, 15) is 0 Å². The van der Waals surface area contributed by atoms with Gasteiger partial charge in [0.15, 0.2) is 0 Å². The minimum absolute atomic E-state index is 0.997. The number of aliphatic imine (C=N–C) groups is 1. The average molecular weight is 202 g/mol. The molecular weight excluding hydrogens is 184 g/mol. The van der Waals surface area contributed by atoms with Crippen LogP contribution in [0.25, 0.3) is 0 Å². The molecule has 1 aromatic rings. The van der Waals surface area contributed by atoms with Gasteiger partial charge in [-0.25, -0.2) is 0 Å². The summed E-state index contributed by atoms with van der Waals surface area (Å²) in [5.41, 5.74) is 3.23. The molecule has 0 unspecified atom stereocenters. The molecule has 0 saturated heterocycles. The van der Waals surface area contributed by atoms with Gasteiger partial charge in [-0.05, 0) is 32.4 Å². The standard InChI is InChI=1S/C13H18N2/c1-4-11(2)15-12(3)10-14-13-8-6-5-7-9-13/h5-10,14H,4H2,1-3H3/b12-10-,15-11-. The maximum Gasteiger partial charge on any atom is 0.0531 e. The molecule has 0 atom stereocenters. The number of rotatable bonds is 4. The fraction of sp³-hybridized carbons (Fsp3) is 0.308. The van der Waals surface area contributed by atoms with E-state index in [-0.39, 0.29) is 0 Å². The van der Waals surface area contributed by atoms with E-state index in [4.69, 9.17) is 0 Å². The van der Waals surface area contributed by atoms with Gasteiger partial charge in [0.05, 0.1) is 5.70 Å². The lowest BCUT2D eigenvalue weighted by atomic mass is 10.3. The van der Waals surface area contributed by atoms with Crippen LogP contribution >= 0.6 is 0 Å². The highest BCUT2D eigenvalue weighted by atomic mass is 14.9. The fourth-order valence-electron chi connectivity index (χ4n) is 1.13. The Morgan fingerprint density at radius 1 is 1.27 bits per heavy atom. The number of benzene rings is 1. The molecule has 15 heavy (non-hydrogen) atoms. The Hall–Kier alpha value is -1.57. The Morgan fingerprint density at radius 2 is 1.93 bits per heavy atom. The van der Waals surface area contributed by atoms with E-state index in [2.05, 4.69) is 17.2 Å². The molecule has 0 fully saturated rings. The molecule has 0 aliphatic carbocycles. The lowest BCUT2D eigenvalue weighted by Gasteiger charge is -2.01. The Balaban J connectivity index is 2.58. The molecule has 1 N–H and O–H groups in total. The number of allylic oxidation sites excluding steroid dienone is 1. The van der Waals surface area contributed by atoms with E-state index in [0.717, 1.165) is 23.5 Å². The van der Waals surface area contributed by atoms with E-state index in [0.29, 0.717) is 0 Å². The normalized spacial score (nSPS) is 12.7. The molecular formula is C13H18N2. The second kappa shape index (κ2) is 6.02.